The largest absolute Gasteiger partial charge is 0.394 e. The predicted octanol–water partition coefficient (Wildman–Crippen LogP) is 0.310. The second-order valence-electron chi connectivity index (χ2n) is 5.56. The van der Waals surface area contributed by atoms with Crippen LogP contribution in [0.25, 0.3) is 11.2 Å². The van der Waals surface area contributed by atoms with Crippen LogP contribution in [-0.4, -0.2) is 50.0 Å². The second-order valence-corrected chi connectivity index (χ2v) is 7.31. The molecule has 0 fully saturated rings. The minimum Gasteiger partial charge on any atom is -0.320 e. The Hall–Kier alpha value is -2.50. The Morgan fingerprint density at radius 1 is 1.31 bits per heavy atom. The summed E-state index contributed by atoms with van der Waals surface area (Å²) >= 11 is 0. The van der Waals surface area contributed by atoms with Crippen molar-refractivity contribution in [1.29, 1.82) is 0 Å². The molecule has 26 heavy (non-hydrogen) atoms. The van der Waals surface area contributed by atoms with E-state index < -0.39 is 19.7 Å². The van der Waals surface area contributed by atoms with Crippen molar-refractivity contribution >= 4 is 18.8 Å². The van der Waals surface area contributed by atoms with Gasteiger partial charge < -0.3 is 19.3 Å². The quantitative estimate of drug-likeness (QED) is 0.488. The van der Waals surface area contributed by atoms with Crippen molar-refractivity contribution in [3.8, 4) is 0 Å². The van der Waals surface area contributed by atoms with Gasteiger partial charge in [-0.15, -0.1) is 5.10 Å². The molecule has 3 N–H and O–H groups in total. The van der Waals surface area contributed by atoms with Gasteiger partial charge in [0.25, 0.3) is 5.56 Å². The maximum absolute atomic E-state index is 13.2. The van der Waals surface area contributed by atoms with E-state index in [-0.39, 0.29) is 30.6 Å². The highest BCUT2D eigenvalue weighted by molar-refractivity contribution is 7.53. The van der Waals surface area contributed by atoms with Gasteiger partial charge in [-0.05, 0) is 6.42 Å². The average Bonchev–Trinajstić information content (AvgIpc) is 3.15. The van der Waals surface area contributed by atoms with E-state index in [0.717, 1.165) is 0 Å². The average molecular weight is 389 g/mol. The van der Waals surface area contributed by atoms with Crippen LogP contribution in [0.1, 0.15) is 18.5 Å². The number of halogens is 2. The molecule has 0 unspecified atom stereocenters. The first-order valence-corrected chi connectivity index (χ1v) is 8.99. The molecule has 0 radical (unpaired) electrons. The summed E-state index contributed by atoms with van der Waals surface area (Å²) in [6, 6.07) is 0. The maximum Gasteiger partial charge on any atom is 0.394 e. The molecule has 0 saturated heterocycles. The molecule has 0 aliphatic heterocycles. The summed E-state index contributed by atoms with van der Waals surface area (Å²) in [6.07, 6.45) is 3.03. The molecule has 0 aliphatic rings. The zero-order chi connectivity index (χ0) is 18.9. The zero-order valence-electron chi connectivity index (χ0n) is 13.2. The van der Waals surface area contributed by atoms with E-state index in [9.17, 15) is 18.1 Å². The lowest BCUT2D eigenvalue weighted by molar-refractivity contribution is 0.0469. The SMILES string of the molecule is O=c1[nH]cnc2c1ncn2Cc1cn(CCCC(F)(F)P(=O)(O)O)nn1. The lowest BCUT2D eigenvalue weighted by atomic mass is 10.3. The Morgan fingerprint density at radius 3 is 2.81 bits per heavy atom. The van der Waals surface area contributed by atoms with Crippen molar-refractivity contribution in [2.24, 2.45) is 0 Å². The fourth-order valence-corrected chi connectivity index (χ4v) is 2.75. The topological polar surface area (TPSA) is 152 Å². The summed E-state index contributed by atoms with van der Waals surface area (Å²) < 4.78 is 40.0. The number of imidazole rings is 1. The van der Waals surface area contributed by atoms with Gasteiger partial charge in [-0.1, -0.05) is 5.21 Å². The van der Waals surface area contributed by atoms with Gasteiger partial charge in [0.1, 0.15) is 5.69 Å². The van der Waals surface area contributed by atoms with E-state index in [0.29, 0.717) is 11.3 Å². The van der Waals surface area contributed by atoms with E-state index >= 15 is 0 Å². The fourth-order valence-electron chi connectivity index (χ4n) is 2.30. The third-order valence-corrected chi connectivity index (χ3v) is 4.69. The Kier molecular flexibility index (Phi) is 4.69. The monoisotopic (exact) mass is 389 g/mol. The number of alkyl halides is 2. The number of aryl methyl sites for hydroxylation is 1. The number of nitrogens with zero attached hydrogens (tertiary/aromatic N) is 6. The van der Waals surface area contributed by atoms with Crippen molar-refractivity contribution in [2.75, 3.05) is 0 Å². The van der Waals surface area contributed by atoms with E-state index in [2.05, 4.69) is 25.3 Å². The van der Waals surface area contributed by atoms with Crippen LogP contribution in [0, 0.1) is 0 Å². The van der Waals surface area contributed by atoms with Gasteiger partial charge in [0.15, 0.2) is 11.2 Å². The number of hydrogen-bond acceptors (Lipinski definition) is 6. The van der Waals surface area contributed by atoms with Crippen LogP contribution in [0.2, 0.25) is 0 Å². The van der Waals surface area contributed by atoms with Crippen molar-refractivity contribution < 1.29 is 23.1 Å². The third-order valence-electron chi connectivity index (χ3n) is 3.62. The molecular formula is C12H14F2N7O4P. The van der Waals surface area contributed by atoms with Gasteiger partial charge in [0.05, 0.1) is 25.4 Å². The first-order chi connectivity index (χ1) is 12.2. The molecule has 3 aromatic rings. The molecule has 3 aromatic heterocycles. The van der Waals surface area contributed by atoms with E-state index in [1.165, 1.54) is 23.5 Å². The van der Waals surface area contributed by atoms with Gasteiger partial charge in [-0.3, -0.25) is 14.0 Å². The van der Waals surface area contributed by atoms with Crippen molar-refractivity contribution in [1.82, 2.24) is 34.5 Å². The number of hydrogen-bond donors (Lipinski definition) is 3. The van der Waals surface area contributed by atoms with Crippen LogP contribution in [0.5, 0.6) is 0 Å². The van der Waals surface area contributed by atoms with Gasteiger partial charge in [0, 0.05) is 13.0 Å². The molecule has 0 amide bonds. The van der Waals surface area contributed by atoms with Crippen LogP contribution >= 0.6 is 7.60 Å². The Morgan fingerprint density at radius 2 is 2.08 bits per heavy atom. The van der Waals surface area contributed by atoms with Gasteiger partial charge >= 0.3 is 13.3 Å². The fraction of sp³-hybridized carbons (Fsp3) is 0.417. The number of fused-ring (bicyclic) bond motifs is 1. The second kappa shape index (κ2) is 6.67. The number of H-pyrrole nitrogens is 1. The molecule has 0 saturated carbocycles. The van der Waals surface area contributed by atoms with E-state index in [1.54, 1.807) is 4.57 Å². The lowest BCUT2D eigenvalue weighted by Gasteiger charge is -2.16. The Labute approximate surface area is 143 Å². The molecule has 0 aliphatic carbocycles. The predicted molar refractivity (Wildman–Crippen MR) is 83.5 cm³/mol. The number of aromatic amines is 1. The number of nitrogens with one attached hydrogen (secondary N) is 1. The molecule has 3 rings (SSSR count). The summed E-state index contributed by atoms with van der Waals surface area (Å²) in [5, 5.41) is 7.68. The summed E-state index contributed by atoms with van der Waals surface area (Å²) in [4.78, 5) is 39.2. The molecule has 14 heteroatoms. The van der Waals surface area contributed by atoms with Crippen LogP contribution in [-0.2, 0) is 17.7 Å². The molecule has 0 atom stereocenters. The van der Waals surface area contributed by atoms with Gasteiger partial charge in [0.2, 0.25) is 0 Å². The standard InChI is InChI=1S/C12H14F2N7O4P/c13-12(14,26(23,24)25)2-1-3-21-5-8(18-19-21)4-20-7-17-9-10(20)15-6-16-11(9)22/h5-7H,1-4H2,(H,15,16,22)(H2,23,24,25). The smallest absolute Gasteiger partial charge is 0.320 e. The van der Waals surface area contributed by atoms with Crippen LogP contribution in [0.4, 0.5) is 8.78 Å². The first kappa shape index (κ1) is 18.3. The summed E-state index contributed by atoms with van der Waals surface area (Å²) in [6.45, 7) is 0.233. The molecule has 3 heterocycles. The summed E-state index contributed by atoms with van der Waals surface area (Å²) in [5.41, 5.74) is -3.41. The summed E-state index contributed by atoms with van der Waals surface area (Å²) in [7, 11) is -5.47. The van der Waals surface area contributed by atoms with Crippen LogP contribution < -0.4 is 5.56 Å². The highest BCUT2D eigenvalue weighted by Gasteiger charge is 2.47. The van der Waals surface area contributed by atoms with Crippen molar-refractivity contribution in [2.45, 2.75) is 31.6 Å². The summed E-state index contributed by atoms with van der Waals surface area (Å²) in [5.74, 6) is 0. The van der Waals surface area contributed by atoms with Gasteiger partial charge in [-0.25, -0.2) is 9.97 Å². The molecule has 0 bridgehead atoms. The lowest BCUT2D eigenvalue weighted by Crippen LogP contribution is -2.17. The van der Waals surface area contributed by atoms with Gasteiger partial charge in [-0.2, -0.15) is 8.78 Å². The minimum absolute atomic E-state index is 0.0190. The van der Waals surface area contributed by atoms with Crippen LogP contribution in [0.3, 0.4) is 0 Å². The highest BCUT2D eigenvalue weighted by atomic mass is 31.2. The Balaban J connectivity index is 1.64. The van der Waals surface area contributed by atoms with Crippen molar-refractivity contribution in [3.63, 3.8) is 0 Å². The van der Waals surface area contributed by atoms with E-state index in [4.69, 9.17) is 9.79 Å². The molecule has 0 spiro atoms. The third kappa shape index (κ3) is 3.69. The van der Waals surface area contributed by atoms with E-state index in [1.807, 2.05) is 0 Å². The highest BCUT2D eigenvalue weighted by Crippen LogP contribution is 2.55. The number of aromatic nitrogens is 7. The Bertz CT molecular complexity index is 1020. The maximum atomic E-state index is 13.2. The van der Waals surface area contributed by atoms with Crippen molar-refractivity contribution in [3.05, 3.63) is 34.9 Å². The normalized spacial score (nSPS) is 12.8. The van der Waals surface area contributed by atoms with Crippen LogP contribution in [0.15, 0.2) is 23.6 Å². The molecule has 11 nitrogen and oxygen atoms in total. The zero-order valence-corrected chi connectivity index (χ0v) is 14.1. The molecule has 140 valence electrons. The molecular weight excluding hydrogens is 375 g/mol. The first-order valence-electron chi connectivity index (χ1n) is 7.38. The molecule has 0 aromatic carbocycles. The minimum atomic E-state index is -5.47. The number of rotatable bonds is 7.